The first-order valence-corrected chi connectivity index (χ1v) is 6.77. The van der Waals surface area contributed by atoms with Crippen molar-refractivity contribution in [1.29, 1.82) is 0 Å². The van der Waals surface area contributed by atoms with Gasteiger partial charge in [-0.3, -0.25) is 9.48 Å². The molecule has 0 aromatic carbocycles. The van der Waals surface area contributed by atoms with Gasteiger partial charge >= 0.3 is 5.97 Å². The van der Waals surface area contributed by atoms with Gasteiger partial charge in [0, 0.05) is 19.7 Å². The van der Waals surface area contributed by atoms with Crippen LogP contribution in [0.3, 0.4) is 0 Å². The molecule has 6 heteroatoms. The number of carbonyl (C=O) groups excluding carboxylic acids is 2. The predicted octanol–water partition coefficient (Wildman–Crippen LogP) is 1.89. The summed E-state index contributed by atoms with van der Waals surface area (Å²) in [6, 6.07) is 0. The molecule has 1 aliphatic carbocycles. The Morgan fingerprint density at radius 1 is 1.55 bits per heavy atom. The highest BCUT2D eigenvalue weighted by atomic mass is 16.5. The number of amides is 1. The Morgan fingerprint density at radius 2 is 2.35 bits per heavy atom. The molecule has 0 spiro atoms. The maximum absolute atomic E-state index is 12.0. The highest BCUT2D eigenvalue weighted by Crippen LogP contribution is 2.21. The summed E-state index contributed by atoms with van der Waals surface area (Å²) in [5.41, 5.74) is 0.282. The molecule has 108 valence electrons. The number of hydrogen-bond acceptors (Lipinski definition) is 4. The van der Waals surface area contributed by atoms with Gasteiger partial charge < -0.3 is 10.1 Å². The summed E-state index contributed by atoms with van der Waals surface area (Å²) >= 11 is 0. The molecule has 1 aromatic heterocycles. The summed E-state index contributed by atoms with van der Waals surface area (Å²) in [6.07, 6.45) is 8.13. The Morgan fingerprint density at radius 3 is 3.00 bits per heavy atom. The molecule has 0 fully saturated rings. The first-order valence-electron chi connectivity index (χ1n) is 6.77. The van der Waals surface area contributed by atoms with E-state index in [1.165, 1.54) is 4.68 Å². The zero-order valence-corrected chi connectivity index (χ0v) is 11.8. The Bertz CT molecular complexity index is 534. The Hall–Kier alpha value is -2.11. The number of hydrogen-bond donors (Lipinski definition) is 1. The van der Waals surface area contributed by atoms with Crippen molar-refractivity contribution in [2.75, 3.05) is 11.9 Å². The second-order valence-electron chi connectivity index (χ2n) is 4.80. The summed E-state index contributed by atoms with van der Waals surface area (Å²) in [5.74, 6) is -0.0647. The average molecular weight is 277 g/mol. The van der Waals surface area contributed by atoms with Gasteiger partial charge in [0.2, 0.25) is 5.91 Å². The smallest absolute Gasteiger partial charge is 0.343 e. The van der Waals surface area contributed by atoms with Crippen molar-refractivity contribution >= 4 is 17.7 Å². The molecular formula is C14H19N3O3. The molecule has 1 atom stereocenters. The third kappa shape index (κ3) is 3.46. The number of aryl methyl sites for hydroxylation is 1. The van der Waals surface area contributed by atoms with E-state index in [-0.39, 0.29) is 29.8 Å². The minimum absolute atomic E-state index is 0.134. The molecule has 1 aliphatic rings. The minimum atomic E-state index is -0.475. The predicted molar refractivity (Wildman–Crippen MR) is 74.3 cm³/mol. The molecular weight excluding hydrogens is 258 g/mol. The first kappa shape index (κ1) is 14.3. The molecule has 1 heterocycles. The van der Waals surface area contributed by atoms with Gasteiger partial charge in [-0.25, -0.2) is 4.79 Å². The van der Waals surface area contributed by atoms with Gasteiger partial charge in [0.05, 0.1) is 6.61 Å². The van der Waals surface area contributed by atoms with E-state index in [0.29, 0.717) is 6.42 Å². The van der Waals surface area contributed by atoms with E-state index in [1.807, 2.05) is 0 Å². The molecule has 20 heavy (non-hydrogen) atoms. The molecule has 0 saturated carbocycles. The van der Waals surface area contributed by atoms with Crippen LogP contribution in [-0.4, -0.2) is 28.3 Å². The molecule has 0 aliphatic heterocycles. The number of rotatable bonds is 5. The second-order valence-corrected chi connectivity index (χ2v) is 4.80. The van der Waals surface area contributed by atoms with Crippen LogP contribution in [0.1, 0.15) is 36.5 Å². The van der Waals surface area contributed by atoms with E-state index in [0.717, 1.165) is 12.8 Å². The lowest BCUT2D eigenvalue weighted by molar-refractivity contribution is -0.116. The van der Waals surface area contributed by atoms with Gasteiger partial charge in [-0.15, -0.1) is 0 Å². The maximum atomic E-state index is 12.0. The Kier molecular flexibility index (Phi) is 4.55. The van der Waals surface area contributed by atoms with Gasteiger partial charge in [-0.05, 0) is 25.7 Å². The van der Waals surface area contributed by atoms with Crippen LogP contribution in [-0.2, 0) is 16.6 Å². The van der Waals surface area contributed by atoms with Crippen LogP contribution in [0.4, 0.5) is 5.82 Å². The van der Waals surface area contributed by atoms with Gasteiger partial charge in [-0.2, -0.15) is 5.10 Å². The summed E-state index contributed by atoms with van der Waals surface area (Å²) in [5, 5.41) is 6.79. The lowest BCUT2D eigenvalue weighted by Gasteiger charge is -2.08. The average Bonchev–Trinajstić information content (AvgIpc) is 2.99. The summed E-state index contributed by atoms with van der Waals surface area (Å²) in [6.45, 7) is 2.02. The van der Waals surface area contributed by atoms with Gasteiger partial charge in [0.25, 0.3) is 0 Å². The monoisotopic (exact) mass is 277 g/mol. The van der Waals surface area contributed by atoms with Crippen LogP contribution < -0.4 is 5.32 Å². The Labute approximate surface area is 117 Å². The fraction of sp³-hybridized carbons (Fsp3) is 0.500. The van der Waals surface area contributed by atoms with Crippen LogP contribution in [0.5, 0.6) is 0 Å². The fourth-order valence-electron chi connectivity index (χ4n) is 2.23. The van der Waals surface area contributed by atoms with Crippen LogP contribution in [0, 0.1) is 5.92 Å². The lowest BCUT2D eigenvalue weighted by Crippen LogP contribution is -2.17. The lowest BCUT2D eigenvalue weighted by atomic mass is 10.1. The number of allylic oxidation sites excluding steroid dienone is 2. The molecule has 1 amide bonds. The molecule has 0 radical (unpaired) electrons. The summed E-state index contributed by atoms with van der Waals surface area (Å²) < 4.78 is 6.43. The largest absolute Gasteiger partial charge is 0.462 e. The standard InChI is InChI=1S/C14H19N3O3/c1-3-20-14(19)11-9-17(2)16-13(11)15-12(18)8-10-6-4-5-7-10/h4,6,9-10H,3,5,7-8H2,1-2H3,(H,15,16,18)/t10-/m0/s1. The number of nitrogens with one attached hydrogen (secondary N) is 1. The van der Waals surface area contributed by atoms with E-state index in [2.05, 4.69) is 22.6 Å². The summed E-state index contributed by atoms with van der Waals surface area (Å²) in [4.78, 5) is 23.7. The van der Waals surface area contributed by atoms with Crippen molar-refractivity contribution in [2.45, 2.75) is 26.2 Å². The van der Waals surface area contributed by atoms with Crippen LogP contribution in [0.2, 0.25) is 0 Å². The van der Waals surface area contributed by atoms with Crippen molar-refractivity contribution in [3.63, 3.8) is 0 Å². The zero-order valence-electron chi connectivity index (χ0n) is 11.8. The topological polar surface area (TPSA) is 73.2 Å². The molecule has 0 unspecified atom stereocenters. The van der Waals surface area contributed by atoms with Crippen molar-refractivity contribution < 1.29 is 14.3 Å². The first-order chi connectivity index (χ1) is 9.60. The van der Waals surface area contributed by atoms with Gasteiger partial charge in [-0.1, -0.05) is 12.2 Å². The number of ether oxygens (including phenoxy) is 1. The molecule has 0 bridgehead atoms. The third-order valence-corrected chi connectivity index (χ3v) is 3.14. The van der Waals surface area contributed by atoms with E-state index in [4.69, 9.17) is 4.74 Å². The minimum Gasteiger partial charge on any atom is -0.462 e. The maximum Gasteiger partial charge on any atom is 0.343 e. The number of anilines is 1. The fourth-order valence-corrected chi connectivity index (χ4v) is 2.23. The molecule has 1 aromatic rings. The number of nitrogens with zero attached hydrogens (tertiary/aromatic N) is 2. The van der Waals surface area contributed by atoms with E-state index in [9.17, 15) is 9.59 Å². The number of carbonyl (C=O) groups is 2. The third-order valence-electron chi connectivity index (χ3n) is 3.14. The molecule has 0 saturated heterocycles. The van der Waals surface area contributed by atoms with E-state index >= 15 is 0 Å². The summed E-state index contributed by atoms with van der Waals surface area (Å²) in [7, 11) is 1.69. The van der Waals surface area contributed by atoms with Crippen molar-refractivity contribution in [1.82, 2.24) is 9.78 Å². The van der Waals surface area contributed by atoms with Crippen LogP contribution in [0.15, 0.2) is 18.3 Å². The zero-order chi connectivity index (χ0) is 14.5. The van der Waals surface area contributed by atoms with E-state index < -0.39 is 5.97 Å². The quantitative estimate of drug-likeness (QED) is 0.659. The van der Waals surface area contributed by atoms with Crippen molar-refractivity contribution in [3.05, 3.63) is 23.9 Å². The highest BCUT2D eigenvalue weighted by Gasteiger charge is 2.20. The SMILES string of the molecule is CCOC(=O)c1cn(C)nc1NC(=O)C[C@H]1C=CCC1. The molecule has 1 N–H and O–H groups in total. The highest BCUT2D eigenvalue weighted by molar-refractivity contribution is 6.00. The Balaban J connectivity index is 2.02. The van der Waals surface area contributed by atoms with Crippen molar-refractivity contribution in [2.24, 2.45) is 13.0 Å². The molecule has 2 rings (SSSR count). The normalized spacial score (nSPS) is 17.2. The van der Waals surface area contributed by atoms with Gasteiger partial charge in [0.15, 0.2) is 5.82 Å². The number of esters is 1. The van der Waals surface area contributed by atoms with Gasteiger partial charge in [0.1, 0.15) is 5.56 Å². The van der Waals surface area contributed by atoms with Crippen LogP contribution in [0.25, 0.3) is 0 Å². The van der Waals surface area contributed by atoms with E-state index in [1.54, 1.807) is 20.2 Å². The van der Waals surface area contributed by atoms with Crippen molar-refractivity contribution in [3.8, 4) is 0 Å². The number of aromatic nitrogens is 2. The van der Waals surface area contributed by atoms with Crippen LogP contribution >= 0.6 is 0 Å². The second kappa shape index (κ2) is 6.36. The molecule has 6 nitrogen and oxygen atoms in total.